The van der Waals surface area contributed by atoms with E-state index in [0.29, 0.717) is 17.9 Å². The monoisotopic (exact) mass is 252 g/mol. The van der Waals surface area contributed by atoms with E-state index in [-0.39, 0.29) is 5.91 Å². The van der Waals surface area contributed by atoms with Crippen molar-refractivity contribution in [3.05, 3.63) is 0 Å². The molecule has 0 aromatic heterocycles. The molecule has 0 aromatic rings. The summed E-state index contributed by atoms with van der Waals surface area (Å²) in [6.45, 7) is 6.86. The van der Waals surface area contributed by atoms with Crippen molar-refractivity contribution in [2.45, 2.75) is 64.8 Å². The maximum atomic E-state index is 11.9. The summed E-state index contributed by atoms with van der Waals surface area (Å²) in [5.74, 6) is 0.989. The van der Waals surface area contributed by atoms with Crippen LogP contribution in [-0.4, -0.2) is 25.0 Å². The standard InChI is InChI=1S/C15H28N2O/c1-15(2)8-3-4-13(10-15)17-14(18)6-5-12-7-9-16-11-12/h12-13,16H,3-11H2,1-2H3,(H,17,18). The van der Waals surface area contributed by atoms with Gasteiger partial charge >= 0.3 is 0 Å². The van der Waals surface area contributed by atoms with Crippen molar-refractivity contribution >= 4 is 5.91 Å². The van der Waals surface area contributed by atoms with Gasteiger partial charge in [-0.15, -0.1) is 0 Å². The number of carbonyl (C=O) groups is 1. The van der Waals surface area contributed by atoms with E-state index in [2.05, 4.69) is 24.5 Å². The van der Waals surface area contributed by atoms with Gasteiger partial charge in [0.2, 0.25) is 5.91 Å². The van der Waals surface area contributed by atoms with Crippen molar-refractivity contribution in [2.24, 2.45) is 11.3 Å². The third-order valence-electron chi connectivity index (χ3n) is 4.51. The normalized spacial score (nSPS) is 31.2. The molecule has 1 amide bonds. The third kappa shape index (κ3) is 4.27. The SMILES string of the molecule is CC1(C)CCCC(NC(=O)CCC2CCNC2)C1. The van der Waals surface area contributed by atoms with Crippen LogP contribution in [-0.2, 0) is 4.79 Å². The van der Waals surface area contributed by atoms with Crippen LogP contribution in [0, 0.1) is 11.3 Å². The molecule has 2 rings (SSSR count). The minimum Gasteiger partial charge on any atom is -0.353 e. The van der Waals surface area contributed by atoms with Gasteiger partial charge in [0.1, 0.15) is 0 Å². The number of carbonyl (C=O) groups excluding carboxylic acids is 1. The number of hydrogen-bond acceptors (Lipinski definition) is 2. The summed E-state index contributed by atoms with van der Waals surface area (Å²) in [6, 6.07) is 0.419. The molecule has 18 heavy (non-hydrogen) atoms. The van der Waals surface area contributed by atoms with E-state index < -0.39 is 0 Å². The first-order valence-electron chi connectivity index (χ1n) is 7.55. The van der Waals surface area contributed by atoms with Crippen LogP contribution in [0.5, 0.6) is 0 Å². The molecule has 1 saturated heterocycles. The Kier molecular flexibility index (Phi) is 4.66. The van der Waals surface area contributed by atoms with Crippen LogP contribution < -0.4 is 10.6 Å². The van der Waals surface area contributed by atoms with E-state index in [1.165, 1.54) is 25.7 Å². The van der Waals surface area contributed by atoms with Crippen LogP contribution in [0.25, 0.3) is 0 Å². The van der Waals surface area contributed by atoms with Crippen molar-refractivity contribution in [1.82, 2.24) is 10.6 Å². The maximum absolute atomic E-state index is 11.9. The van der Waals surface area contributed by atoms with E-state index in [0.717, 1.165) is 31.8 Å². The molecular weight excluding hydrogens is 224 g/mol. The van der Waals surface area contributed by atoms with Gasteiger partial charge in [0.15, 0.2) is 0 Å². The van der Waals surface area contributed by atoms with Gasteiger partial charge in [-0.25, -0.2) is 0 Å². The first-order chi connectivity index (χ1) is 8.55. The summed E-state index contributed by atoms with van der Waals surface area (Å²) < 4.78 is 0. The highest BCUT2D eigenvalue weighted by atomic mass is 16.1. The summed E-state index contributed by atoms with van der Waals surface area (Å²) in [4.78, 5) is 11.9. The zero-order chi connectivity index (χ0) is 13.0. The first-order valence-corrected chi connectivity index (χ1v) is 7.55. The lowest BCUT2D eigenvalue weighted by molar-refractivity contribution is -0.122. The topological polar surface area (TPSA) is 41.1 Å². The highest BCUT2D eigenvalue weighted by molar-refractivity contribution is 5.76. The molecule has 2 unspecified atom stereocenters. The second kappa shape index (κ2) is 6.05. The molecule has 0 bridgehead atoms. The fraction of sp³-hybridized carbons (Fsp3) is 0.933. The molecular formula is C15H28N2O. The zero-order valence-electron chi connectivity index (χ0n) is 11.9. The lowest BCUT2D eigenvalue weighted by Gasteiger charge is -2.35. The number of hydrogen-bond donors (Lipinski definition) is 2. The van der Waals surface area contributed by atoms with Crippen LogP contribution in [0.2, 0.25) is 0 Å². The van der Waals surface area contributed by atoms with Crippen LogP contribution >= 0.6 is 0 Å². The van der Waals surface area contributed by atoms with Crippen LogP contribution in [0.15, 0.2) is 0 Å². The van der Waals surface area contributed by atoms with Crippen molar-refractivity contribution in [3.8, 4) is 0 Å². The Morgan fingerprint density at radius 2 is 2.22 bits per heavy atom. The lowest BCUT2D eigenvalue weighted by atomic mass is 9.75. The summed E-state index contributed by atoms with van der Waals surface area (Å²) in [5, 5.41) is 6.60. The van der Waals surface area contributed by atoms with Gasteiger partial charge in [0.25, 0.3) is 0 Å². The molecule has 1 heterocycles. The van der Waals surface area contributed by atoms with Gasteiger partial charge in [-0.05, 0) is 56.5 Å². The van der Waals surface area contributed by atoms with E-state index in [4.69, 9.17) is 0 Å². The predicted octanol–water partition coefficient (Wildman–Crippen LogP) is 2.46. The Balaban J connectivity index is 1.67. The van der Waals surface area contributed by atoms with E-state index >= 15 is 0 Å². The van der Waals surface area contributed by atoms with Crippen molar-refractivity contribution in [2.75, 3.05) is 13.1 Å². The van der Waals surface area contributed by atoms with Crippen molar-refractivity contribution < 1.29 is 4.79 Å². The van der Waals surface area contributed by atoms with Gasteiger partial charge in [-0.1, -0.05) is 20.3 Å². The molecule has 3 nitrogen and oxygen atoms in total. The summed E-state index contributed by atoms with van der Waals surface area (Å²) in [5.41, 5.74) is 0.408. The van der Waals surface area contributed by atoms with Crippen molar-refractivity contribution in [1.29, 1.82) is 0 Å². The molecule has 1 aliphatic heterocycles. The minimum absolute atomic E-state index is 0.268. The lowest BCUT2D eigenvalue weighted by Crippen LogP contribution is -2.40. The molecule has 0 spiro atoms. The molecule has 3 heteroatoms. The van der Waals surface area contributed by atoms with Gasteiger partial charge in [-0.2, -0.15) is 0 Å². The first kappa shape index (κ1) is 13.9. The molecule has 0 radical (unpaired) electrons. The smallest absolute Gasteiger partial charge is 0.220 e. The van der Waals surface area contributed by atoms with Gasteiger partial charge in [0.05, 0.1) is 0 Å². The fourth-order valence-electron chi connectivity index (χ4n) is 3.42. The Morgan fingerprint density at radius 1 is 1.39 bits per heavy atom. The molecule has 2 aliphatic rings. The highest BCUT2D eigenvalue weighted by Crippen LogP contribution is 2.35. The summed E-state index contributed by atoms with van der Waals surface area (Å²) >= 11 is 0. The molecule has 0 aromatic carbocycles. The van der Waals surface area contributed by atoms with Gasteiger partial charge < -0.3 is 10.6 Å². The zero-order valence-corrected chi connectivity index (χ0v) is 11.9. The highest BCUT2D eigenvalue weighted by Gasteiger charge is 2.28. The largest absolute Gasteiger partial charge is 0.353 e. The number of amides is 1. The Hall–Kier alpha value is -0.570. The molecule has 2 atom stereocenters. The predicted molar refractivity (Wildman–Crippen MR) is 74.4 cm³/mol. The number of nitrogens with one attached hydrogen (secondary N) is 2. The van der Waals surface area contributed by atoms with Crippen molar-refractivity contribution in [3.63, 3.8) is 0 Å². The quantitative estimate of drug-likeness (QED) is 0.807. The van der Waals surface area contributed by atoms with Crippen LogP contribution in [0.3, 0.4) is 0 Å². The van der Waals surface area contributed by atoms with E-state index in [9.17, 15) is 4.79 Å². The third-order valence-corrected chi connectivity index (χ3v) is 4.51. The molecule has 1 aliphatic carbocycles. The Bertz CT molecular complexity index is 282. The molecule has 104 valence electrons. The maximum Gasteiger partial charge on any atom is 0.220 e. The second-order valence-corrected chi connectivity index (χ2v) is 6.92. The summed E-state index contributed by atoms with van der Waals surface area (Å²) in [7, 11) is 0. The van der Waals surface area contributed by atoms with Crippen LogP contribution in [0.4, 0.5) is 0 Å². The molecule has 2 N–H and O–H groups in total. The van der Waals surface area contributed by atoms with Gasteiger partial charge in [0, 0.05) is 12.5 Å². The molecule has 2 fully saturated rings. The Morgan fingerprint density at radius 3 is 2.89 bits per heavy atom. The average Bonchev–Trinajstić information content (AvgIpc) is 2.77. The fourth-order valence-corrected chi connectivity index (χ4v) is 3.42. The number of rotatable bonds is 4. The average molecular weight is 252 g/mol. The van der Waals surface area contributed by atoms with E-state index in [1.54, 1.807) is 0 Å². The Labute approximate surface area is 111 Å². The minimum atomic E-state index is 0.268. The molecule has 1 saturated carbocycles. The summed E-state index contributed by atoms with van der Waals surface area (Å²) in [6.07, 6.45) is 7.86. The van der Waals surface area contributed by atoms with Crippen LogP contribution in [0.1, 0.15) is 58.8 Å². The van der Waals surface area contributed by atoms with Gasteiger partial charge in [-0.3, -0.25) is 4.79 Å². The second-order valence-electron chi connectivity index (χ2n) is 6.92. The van der Waals surface area contributed by atoms with E-state index in [1.807, 2.05) is 0 Å².